The molecule has 3 rings (SSSR count). The molecule has 3 aromatic carbocycles. The molecule has 0 aliphatic rings. The van der Waals surface area contributed by atoms with Gasteiger partial charge in [-0.25, -0.2) is 4.79 Å². The Kier molecular flexibility index (Phi) is 9.31. The van der Waals surface area contributed by atoms with Gasteiger partial charge in [-0.1, -0.05) is 23.8 Å². The summed E-state index contributed by atoms with van der Waals surface area (Å²) in [6.45, 7) is 3.43. The van der Waals surface area contributed by atoms with E-state index in [0.29, 0.717) is 16.7 Å². The van der Waals surface area contributed by atoms with Crippen LogP contribution in [0.15, 0.2) is 60.2 Å². The summed E-state index contributed by atoms with van der Waals surface area (Å²) in [5.41, 5.74) is 2.68. The van der Waals surface area contributed by atoms with E-state index in [1.165, 1.54) is 32.4 Å². The number of rotatable bonds is 12. The lowest BCUT2D eigenvalue weighted by molar-refractivity contribution is -0.139. The summed E-state index contributed by atoms with van der Waals surface area (Å²) >= 11 is 0. The average molecular weight is 559 g/mol. The van der Waals surface area contributed by atoms with Crippen LogP contribution in [0.25, 0.3) is 22.3 Å². The third-order valence-electron chi connectivity index (χ3n) is 5.35. The normalized spacial score (nSPS) is 10.9. The molecule has 0 aliphatic carbocycles. The van der Waals surface area contributed by atoms with E-state index in [-0.39, 0.29) is 46.7 Å². The Labute approximate surface area is 227 Å². The van der Waals surface area contributed by atoms with E-state index in [2.05, 4.69) is 0 Å². The van der Waals surface area contributed by atoms with Gasteiger partial charge >= 0.3 is 16.1 Å². The topological polar surface area (TPSA) is 138 Å². The number of phenolic OH excluding ortho intramolecular Hbond substituents is 1. The number of benzene rings is 3. The second-order valence-corrected chi connectivity index (χ2v) is 10.2. The summed E-state index contributed by atoms with van der Waals surface area (Å²) in [6.07, 6.45) is 2.75. The van der Waals surface area contributed by atoms with Gasteiger partial charge in [-0.2, -0.15) is 8.42 Å². The lowest BCUT2D eigenvalue weighted by Gasteiger charge is -2.21. The molecule has 0 radical (unpaired) electrons. The Hall–Kier alpha value is -4.38. The van der Waals surface area contributed by atoms with E-state index >= 15 is 0 Å². The molecule has 0 atom stereocenters. The molecular weight excluding hydrogens is 528 g/mol. The number of phenols is 1. The molecule has 0 fully saturated rings. The van der Waals surface area contributed by atoms with Crippen molar-refractivity contribution in [2.75, 3.05) is 33.7 Å². The SMILES string of the molecule is COc1cc(-c2ccc(O)cc2)c(OC)c(OS(C)(=O)=O)c1-c1ccc(OCC=C(C)C)c(OCC(=O)O)c1. The van der Waals surface area contributed by atoms with Gasteiger partial charge in [0.1, 0.15) is 18.1 Å². The summed E-state index contributed by atoms with van der Waals surface area (Å²) in [5.74, 6) is -0.548. The first-order valence-electron chi connectivity index (χ1n) is 11.7. The van der Waals surface area contributed by atoms with Crippen molar-refractivity contribution in [3.05, 3.63) is 60.2 Å². The van der Waals surface area contributed by atoms with Crippen LogP contribution in [0, 0.1) is 0 Å². The zero-order valence-corrected chi connectivity index (χ0v) is 23.0. The van der Waals surface area contributed by atoms with Gasteiger partial charge in [0.2, 0.25) is 0 Å². The van der Waals surface area contributed by atoms with E-state index < -0.39 is 22.7 Å². The van der Waals surface area contributed by atoms with Gasteiger partial charge in [-0.3, -0.25) is 0 Å². The fourth-order valence-electron chi connectivity index (χ4n) is 3.67. The minimum absolute atomic E-state index is 0.0506. The van der Waals surface area contributed by atoms with Crippen LogP contribution in [-0.2, 0) is 14.9 Å². The molecule has 39 heavy (non-hydrogen) atoms. The molecule has 0 saturated heterocycles. The van der Waals surface area contributed by atoms with Gasteiger partial charge < -0.3 is 33.3 Å². The molecule has 3 aromatic rings. The van der Waals surface area contributed by atoms with E-state index in [1.54, 1.807) is 30.3 Å². The van der Waals surface area contributed by atoms with Crippen LogP contribution in [0.2, 0.25) is 0 Å². The summed E-state index contributed by atoms with van der Waals surface area (Å²) in [5, 5.41) is 18.9. The van der Waals surface area contributed by atoms with Crippen molar-refractivity contribution in [2.24, 2.45) is 0 Å². The minimum atomic E-state index is -4.05. The monoisotopic (exact) mass is 558 g/mol. The lowest BCUT2D eigenvalue weighted by atomic mass is 9.96. The van der Waals surface area contributed by atoms with E-state index in [0.717, 1.165) is 11.8 Å². The smallest absolute Gasteiger partial charge is 0.341 e. The Morgan fingerprint density at radius 3 is 2.10 bits per heavy atom. The van der Waals surface area contributed by atoms with Crippen molar-refractivity contribution in [1.29, 1.82) is 0 Å². The van der Waals surface area contributed by atoms with Crippen molar-refractivity contribution >= 4 is 16.1 Å². The van der Waals surface area contributed by atoms with Gasteiger partial charge in [0, 0.05) is 5.56 Å². The summed E-state index contributed by atoms with van der Waals surface area (Å²) in [4.78, 5) is 11.2. The molecule has 2 N–H and O–H groups in total. The summed E-state index contributed by atoms with van der Waals surface area (Å²) in [6, 6.07) is 12.6. The quantitative estimate of drug-likeness (QED) is 0.233. The number of carboxylic acid groups (broad SMARTS) is 1. The first kappa shape index (κ1) is 29.2. The molecule has 0 unspecified atom stereocenters. The Morgan fingerprint density at radius 2 is 1.54 bits per heavy atom. The molecule has 208 valence electrons. The highest BCUT2D eigenvalue weighted by atomic mass is 32.2. The number of carboxylic acids is 1. The number of hydrogen-bond donors (Lipinski definition) is 2. The van der Waals surface area contributed by atoms with Crippen LogP contribution in [0.1, 0.15) is 13.8 Å². The predicted molar refractivity (Wildman–Crippen MR) is 146 cm³/mol. The molecule has 0 amide bonds. The molecule has 0 bridgehead atoms. The second kappa shape index (κ2) is 12.4. The Bertz CT molecular complexity index is 1470. The van der Waals surface area contributed by atoms with Crippen molar-refractivity contribution in [1.82, 2.24) is 0 Å². The maximum absolute atomic E-state index is 12.3. The highest BCUT2D eigenvalue weighted by Crippen LogP contribution is 2.51. The third kappa shape index (κ3) is 7.57. The lowest BCUT2D eigenvalue weighted by Crippen LogP contribution is -2.11. The van der Waals surface area contributed by atoms with Gasteiger partial charge in [-0.05, 0) is 61.4 Å². The Balaban J connectivity index is 2.29. The largest absolute Gasteiger partial charge is 0.508 e. The fraction of sp³-hybridized carbons (Fsp3) is 0.250. The fourth-order valence-corrected chi connectivity index (χ4v) is 4.13. The standard InChI is InChI=1S/C28H30O10S/c1-17(2)12-13-36-22-11-8-19(14-23(22)37-16-25(30)31)26-24(34-3)15-21(18-6-9-20(29)10-7-18)27(35-4)28(26)38-39(5,32)33/h6-12,14-15,29H,13,16H2,1-5H3,(H,30,31). The molecule has 0 spiro atoms. The third-order valence-corrected chi connectivity index (χ3v) is 5.82. The second-order valence-electron chi connectivity index (χ2n) is 8.63. The highest BCUT2D eigenvalue weighted by Gasteiger charge is 2.27. The van der Waals surface area contributed by atoms with E-state index in [4.69, 9.17) is 28.2 Å². The predicted octanol–water partition coefficient (Wildman–Crippen LogP) is 4.89. The number of allylic oxidation sites excluding steroid dienone is 1. The first-order chi connectivity index (χ1) is 18.4. The van der Waals surface area contributed by atoms with Gasteiger partial charge in [0.05, 0.1) is 26.0 Å². The molecule has 0 aliphatic heterocycles. The van der Waals surface area contributed by atoms with E-state index in [1.807, 2.05) is 19.9 Å². The molecule has 11 heteroatoms. The molecule has 0 aromatic heterocycles. The number of aliphatic carboxylic acids is 1. The van der Waals surface area contributed by atoms with Crippen molar-refractivity contribution in [3.8, 4) is 56.8 Å². The van der Waals surface area contributed by atoms with Crippen LogP contribution in [0.3, 0.4) is 0 Å². The number of methoxy groups -OCH3 is 2. The molecular formula is C28H30O10S. The minimum Gasteiger partial charge on any atom is -0.508 e. The Morgan fingerprint density at radius 1 is 0.872 bits per heavy atom. The first-order valence-corrected chi connectivity index (χ1v) is 13.5. The van der Waals surface area contributed by atoms with E-state index in [9.17, 15) is 18.3 Å². The van der Waals surface area contributed by atoms with Crippen LogP contribution in [0.5, 0.6) is 34.5 Å². The average Bonchev–Trinajstić information content (AvgIpc) is 2.86. The number of aromatic hydroxyl groups is 1. The van der Waals surface area contributed by atoms with Crippen LogP contribution < -0.4 is 23.1 Å². The number of carbonyl (C=O) groups is 1. The molecule has 10 nitrogen and oxygen atoms in total. The van der Waals surface area contributed by atoms with Gasteiger partial charge in [0.25, 0.3) is 0 Å². The zero-order valence-electron chi connectivity index (χ0n) is 22.2. The highest BCUT2D eigenvalue weighted by molar-refractivity contribution is 7.86. The number of hydrogen-bond acceptors (Lipinski definition) is 9. The van der Waals surface area contributed by atoms with Crippen LogP contribution >= 0.6 is 0 Å². The summed E-state index contributed by atoms with van der Waals surface area (Å²) < 4.78 is 52.7. The molecule has 0 heterocycles. The zero-order chi connectivity index (χ0) is 28.7. The number of ether oxygens (including phenoxy) is 4. The van der Waals surface area contributed by atoms with Crippen LogP contribution in [0.4, 0.5) is 0 Å². The van der Waals surface area contributed by atoms with Crippen molar-refractivity contribution in [2.45, 2.75) is 13.8 Å². The van der Waals surface area contributed by atoms with Crippen molar-refractivity contribution in [3.63, 3.8) is 0 Å². The van der Waals surface area contributed by atoms with Crippen molar-refractivity contribution < 1.29 is 46.6 Å². The van der Waals surface area contributed by atoms with Crippen LogP contribution in [-0.4, -0.2) is 58.3 Å². The summed E-state index contributed by atoms with van der Waals surface area (Å²) in [7, 11) is -1.27. The van der Waals surface area contributed by atoms with Gasteiger partial charge in [0.15, 0.2) is 29.6 Å². The maximum Gasteiger partial charge on any atom is 0.341 e. The molecule has 0 saturated carbocycles. The maximum atomic E-state index is 12.3. The van der Waals surface area contributed by atoms with Gasteiger partial charge in [-0.15, -0.1) is 0 Å².